The maximum atomic E-state index is 12.8. The van der Waals surface area contributed by atoms with Crippen molar-refractivity contribution in [2.45, 2.75) is 39.5 Å². The smallest absolute Gasteiger partial charge is 0.303 e. The van der Waals surface area contributed by atoms with E-state index in [2.05, 4.69) is 24.5 Å². The van der Waals surface area contributed by atoms with Gasteiger partial charge >= 0.3 is 5.97 Å². The molecule has 176 valence electrons. The number of rotatable bonds is 13. The molecule has 7 nitrogen and oxygen atoms in total. The van der Waals surface area contributed by atoms with E-state index < -0.39 is 17.8 Å². The van der Waals surface area contributed by atoms with Crippen LogP contribution in [0.2, 0.25) is 0 Å². The standard InChI is InChI=1S/C26H32N2O5/c1-19(2)18-33-22-14-12-21(13-15-22)25(31)28-23(17-20-9-5-3-6-10-20)26(32)27-16-8-4-7-11-24(29)30/h3,5-6,9-10,12-15,17,19H,4,7-8,11,16,18H2,1-2H3,(H,27,32)(H,28,31)(H,29,30). The topological polar surface area (TPSA) is 105 Å². The van der Waals surface area contributed by atoms with Crippen molar-refractivity contribution in [1.82, 2.24) is 10.6 Å². The molecule has 0 saturated heterocycles. The van der Waals surface area contributed by atoms with Gasteiger partial charge in [0.2, 0.25) is 0 Å². The molecule has 0 aliphatic heterocycles. The van der Waals surface area contributed by atoms with Gasteiger partial charge in [-0.05, 0) is 54.7 Å². The van der Waals surface area contributed by atoms with Gasteiger partial charge in [-0.3, -0.25) is 14.4 Å². The average molecular weight is 453 g/mol. The number of nitrogens with one attached hydrogen (secondary N) is 2. The SMILES string of the molecule is CC(C)COc1ccc(C(=O)NC(=Cc2ccccc2)C(=O)NCCCCCC(=O)O)cc1. The van der Waals surface area contributed by atoms with Crippen LogP contribution < -0.4 is 15.4 Å². The molecule has 0 radical (unpaired) electrons. The van der Waals surface area contributed by atoms with Crippen molar-refractivity contribution < 1.29 is 24.2 Å². The van der Waals surface area contributed by atoms with Gasteiger partial charge in [-0.1, -0.05) is 50.6 Å². The Morgan fingerprint density at radius 3 is 2.30 bits per heavy atom. The summed E-state index contributed by atoms with van der Waals surface area (Å²) in [5.41, 5.74) is 1.33. The lowest BCUT2D eigenvalue weighted by molar-refractivity contribution is -0.137. The lowest BCUT2D eigenvalue weighted by atomic mass is 10.1. The van der Waals surface area contributed by atoms with E-state index in [0.29, 0.717) is 49.6 Å². The van der Waals surface area contributed by atoms with Crippen LogP contribution in [0.4, 0.5) is 0 Å². The predicted octanol–water partition coefficient (Wildman–Crippen LogP) is 4.25. The van der Waals surface area contributed by atoms with Gasteiger partial charge in [0, 0.05) is 18.5 Å². The third-order valence-corrected chi connectivity index (χ3v) is 4.66. The van der Waals surface area contributed by atoms with E-state index in [1.54, 1.807) is 30.3 Å². The van der Waals surface area contributed by atoms with E-state index in [1.165, 1.54) is 0 Å². The second-order valence-electron chi connectivity index (χ2n) is 8.11. The number of amides is 2. The van der Waals surface area contributed by atoms with Gasteiger partial charge in [0.05, 0.1) is 6.61 Å². The largest absolute Gasteiger partial charge is 0.493 e. The fraction of sp³-hybridized carbons (Fsp3) is 0.346. The van der Waals surface area contributed by atoms with Gasteiger partial charge in [-0.25, -0.2) is 0 Å². The van der Waals surface area contributed by atoms with Gasteiger partial charge < -0.3 is 20.5 Å². The monoisotopic (exact) mass is 452 g/mol. The highest BCUT2D eigenvalue weighted by molar-refractivity contribution is 6.05. The van der Waals surface area contributed by atoms with Crippen molar-refractivity contribution >= 4 is 23.9 Å². The molecule has 3 N–H and O–H groups in total. The van der Waals surface area contributed by atoms with E-state index >= 15 is 0 Å². The van der Waals surface area contributed by atoms with E-state index in [0.717, 1.165) is 5.56 Å². The second-order valence-corrected chi connectivity index (χ2v) is 8.11. The highest BCUT2D eigenvalue weighted by Gasteiger charge is 2.15. The predicted molar refractivity (Wildman–Crippen MR) is 128 cm³/mol. The third-order valence-electron chi connectivity index (χ3n) is 4.66. The molecule has 0 unspecified atom stereocenters. The Labute approximate surface area is 194 Å². The molecule has 0 aliphatic rings. The average Bonchev–Trinajstić information content (AvgIpc) is 2.80. The summed E-state index contributed by atoms with van der Waals surface area (Å²) in [7, 11) is 0. The number of unbranched alkanes of at least 4 members (excludes halogenated alkanes) is 2. The van der Waals surface area contributed by atoms with E-state index in [4.69, 9.17) is 9.84 Å². The molecule has 2 aromatic carbocycles. The fourth-order valence-corrected chi connectivity index (χ4v) is 2.91. The number of hydrogen-bond acceptors (Lipinski definition) is 4. The third kappa shape index (κ3) is 10.0. The normalized spacial score (nSPS) is 11.2. The quantitative estimate of drug-likeness (QED) is 0.311. The maximum Gasteiger partial charge on any atom is 0.303 e. The number of aliphatic carboxylic acids is 1. The van der Waals surface area contributed by atoms with Gasteiger partial charge in [0.15, 0.2) is 0 Å². The zero-order chi connectivity index (χ0) is 24.1. The van der Waals surface area contributed by atoms with E-state index in [9.17, 15) is 14.4 Å². The van der Waals surface area contributed by atoms with Crippen molar-refractivity contribution in [2.75, 3.05) is 13.2 Å². The molecule has 0 atom stereocenters. The van der Waals surface area contributed by atoms with Crippen LogP contribution >= 0.6 is 0 Å². The Kier molecular flexibility index (Phi) is 10.7. The Morgan fingerprint density at radius 2 is 1.67 bits per heavy atom. The molecule has 0 heterocycles. The summed E-state index contributed by atoms with van der Waals surface area (Å²) in [6.45, 7) is 5.10. The summed E-state index contributed by atoms with van der Waals surface area (Å²) < 4.78 is 5.65. The van der Waals surface area contributed by atoms with Crippen molar-refractivity contribution in [2.24, 2.45) is 5.92 Å². The molecule has 0 saturated carbocycles. The first-order valence-corrected chi connectivity index (χ1v) is 11.2. The second kappa shape index (κ2) is 13.7. The van der Waals surface area contributed by atoms with Crippen molar-refractivity contribution in [3.63, 3.8) is 0 Å². The number of carboxylic acids is 1. The minimum atomic E-state index is -0.825. The van der Waals surface area contributed by atoms with Crippen LogP contribution in [0.5, 0.6) is 5.75 Å². The Hall–Kier alpha value is -3.61. The summed E-state index contributed by atoms with van der Waals surface area (Å²) >= 11 is 0. The Balaban J connectivity index is 2.01. The highest BCUT2D eigenvalue weighted by atomic mass is 16.5. The fourth-order valence-electron chi connectivity index (χ4n) is 2.91. The summed E-state index contributed by atoms with van der Waals surface area (Å²) in [5.74, 6) is -0.545. The Morgan fingerprint density at radius 1 is 0.970 bits per heavy atom. The first-order chi connectivity index (χ1) is 15.8. The van der Waals surface area contributed by atoms with Crippen LogP contribution in [0.15, 0.2) is 60.3 Å². The number of carbonyl (C=O) groups is 3. The molecule has 2 rings (SSSR count). The summed E-state index contributed by atoms with van der Waals surface area (Å²) in [4.78, 5) is 36.1. The van der Waals surface area contributed by atoms with Gasteiger partial charge in [0.1, 0.15) is 11.4 Å². The van der Waals surface area contributed by atoms with Crippen molar-refractivity contribution in [3.05, 3.63) is 71.4 Å². The van der Waals surface area contributed by atoms with Gasteiger partial charge in [0.25, 0.3) is 11.8 Å². The summed E-state index contributed by atoms with van der Waals surface area (Å²) in [6.07, 6.45) is 3.65. The molecule has 7 heteroatoms. The van der Waals surface area contributed by atoms with Crippen LogP contribution in [0, 0.1) is 5.92 Å². The Bertz CT molecular complexity index is 937. The minimum Gasteiger partial charge on any atom is -0.493 e. The molecule has 0 fully saturated rings. The van der Waals surface area contributed by atoms with Crippen molar-refractivity contribution in [1.29, 1.82) is 0 Å². The van der Waals surface area contributed by atoms with Crippen LogP contribution in [0.25, 0.3) is 6.08 Å². The zero-order valence-electron chi connectivity index (χ0n) is 19.2. The molecular weight excluding hydrogens is 420 g/mol. The van der Waals surface area contributed by atoms with Crippen molar-refractivity contribution in [3.8, 4) is 5.75 Å². The molecule has 33 heavy (non-hydrogen) atoms. The number of hydrogen-bond donors (Lipinski definition) is 3. The zero-order valence-corrected chi connectivity index (χ0v) is 19.2. The molecule has 0 spiro atoms. The number of ether oxygens (including phenoxy) is 1. The molecule has 0 aromatic heterocycles. The number of carboxylic acid groups (broad SMARTS) is 1. The van der Waals surface area contributed by atoms with Crippen LogP contribution in [0.3, 0.4) is 0 Å². The molecule has 2 amide bonds. The van der Waals surface area contributed by atoms with Crippen LogP contribution in [-0.4, -0.2) is 36.0 Å². The molecule has 2 aromatic rings. The molecule has 0 aliphatic carbocycles. The van der Waals surface area contributed by atoms with Crippen LogP contribution in [-0.2, 0) is 9.59 Å². The lowest BCUT2D eigenvalue weighted by Gasteiger charge is -2.12. The van der Waals surface area contributed by atoms with Gasteiger partial charge in [-0.2, -0.15) is 0 Å². The lowest BCUT2D eigenvalue weighted by Crippen LogP contribution is -2.35. The minimum absolute atomic E-state index is 0.116. The van der Waals surface area contributed by atoms with E-state index in [1.807, 2.05) is 30.3 Å². The number of carbonyl (C=O) groups excluding carboxylic acids is 2. The summed E-state index contributed by atoms with van der Waals surface area (Å²) in [5, 5.41) is 14.2. The molecular formula is C26H32N2O5. The first-order valence-electron chi connectivity index (χ1n) is 11.2. The number of benzene rings is 2. The molecule has 0 bridgehead atoms. The maximum absolute atomic E-state index is 12.8. The van der Waals surface area contributed by atoms with E-state index in [-0.39, 0.29) is 12.1 Å². The van der Waals surface area contributed by atoms with Gasteiger partial charge in [-0.15, -0.1) is 0 Å². The first kappa shape index (κ1) is 25.6. The summed E-state index contributed by atoms with van der Waals surface area (Å²) in [6, 6.07) is 16.0. The highest BCUT2D eigenvalue weighted by Crippen LogP contribution is 2.14. The van der Waals surface area contributed by atoms with Crippen LogP contribution in [0.1, 0.15) is 55.5 Å².